The molecule has 13 heteroatoms. The second kappa shape index (κ2) is 12.8. The molecule has 2 saturated heterocycles. The van der Waals surface area contributed by atoms with Gasteiger partial charge in [0.25, 0.3) is 0 Å². The van der Waals surface area contributed by atoms with Gasteiger partial charge in [0.05, 0.1) is 5.41 Å². The van der Waals surface area contributed by atoms with Crippen LogP contribution in [0.2, 0.25) is 0 Å². The van der Waals surface area contributed by atoms with Crippen LogP contribution in [0, 0.1) is 17.3 Å². The Bertz CT molecular complexity index is 1340. The van der Waals surface area contributed by atoms with Gasteiger partial charge in [0, 0.05) is 58.8 Å². The monoisotopic (exact) mass is 648 g/mol. The van der Waals surface area contributed by atoms with Crippen LogP contribution in [0.4, 0.5) is 0 Å². The minimum absolute atomic E-state index is 0.0241. The van der Waals surface area contributed by atoms with Crippen LogP contribution < -0.4 is 0 Å². The van der Waals surface area contributed by atoms with E-state index in [9.17, 15) is 28.8 Å². The molecule has 0 aromatic carbocycles. The highest BCUT2D eigenvalue weighted by molar-refractivity contribution is 5.89. The van der Waals surface area contributed by atoms with E-state index in [1.54, 1.807) is 39.8 Å². The SMILES string of the molecule is C=CCCC(=O)O[C@H]1C[C@H](OC(C)=O)[C@@]2(C)[C@H]([C@H]1C)[C@H](OC(C)=O)[C@]13OC1(C)C(=O)O[C@H]3/C=C(/C)C[C@H](OC(C)=O)[C@@H]2OC(C)=O. The molecule has 0 bridgehead atoms. The lowest BCUT2D eigenvalue weighted by atomic mass is 9.52. The van der Waals surface area contributed by atoms with E-state index in [2.05, 4.69) is 6.58 Å². The molecule has 1 unspecified atom stereocenters. The van der Waals surface area contributed by atoms with E-state index in [-0.39, 0.29) is 19.3 Å². The fourth-order valence-corrected chi connectivity index (χ4v) is 7.91. The molecule has 2 aliphatic carbocycles. The van der Waals surface area contributed by atoms with E-state index in [1.165, 1.54) is 27.7 Å². The van der Waals surface area contributed by atoms with Gasteiger partial charge in [0.1, 0.15) is 30.5 Å². The van der Waals surface area contributed by atoms with Crippen molar-refractivity contribution in [3.63, 3.8) is 0 Å². The second-order valence-electron chi connectivity index (χ2n) is 13.1. The van der Waals surface area contributed by atoms with Crippen LogP contribution in [0.3, 0.4) is 0 Å². The lowest BCUT2D eigenvalue weighted by Gasteiger charge is -2.57. The smallest absolute Gasteiger partial charge is 0.342 e. The molecule has 11 atom stereocenters. The molecule has 254 valence electrons. The third-order valence-electron chi connectivity index (χ3n) is 9.84. The lowest BCUT2D eigenvalue weighted by Crippen LogP contribution is -2.68. The Morgan fingerprint density at radius 1 is 0.913 bits per heavy atom. The van der Waals surface area contributed by atoms with E-state index in [0.29, 0.717) is 12.0 Å². The van der Waals surface area contributed by atoms with Crippen molar-refractivity contribution in [2.45, 2.75) is 129 Å². The molecular weight excluding hydrogens is 604 g/mol. The van der Waals surface area contributed by atoms with Gasteiger partial charge in [-0.3, -0.25) is 24.0 Å². The van der Waals surface area contributed by atoms with Crippen LogP contribution in [0.5, 0.6) is 0 Å². The highest BCUT2D eigenvalue weighted by atomic mass is 16.7. The Kier molecular flexibility index (Phi) is 9.78. The molecule has 13 nitrogen and oxygen atoms in total. The van der Waals surface area contributed by atoms with Crippen molar-refractivity contribution >= 4 is 35.8 Å². The summed E-state index contributed by atoms with van der Waals surface area (Å²) in [5, 5.41) is 0. The van der Waals surface area contributed by atoms with Gasteiger partial charge in [-0.25, -0.2) is 4.79 Å². The third-order valence-corrected chi connectivity index (χ3v) is 9.84. The van der Waals surface area contributed by atoms with Crippen LogP contribution in [-0.2, 0) is 61.9 Å². The number of ether oxygens (including phenoxy) is 7. The summed E-state index contributed by atoms with van der Waals surface area (Å²) < 4.78 is 41.9. The first-order valence-electron chi connectivity index (χ1n) is 15.5. The Hall–Kier alpha value is -3.74. The summed E-state index contributed by atoms with van der Waals surface area (Å²) in [6.07, 6.45) is -3.07. The lowest BCUT2D eigenvalue weighted by molar-refractivity contribution is -0.247. The minimum Gasteiger partial charge on any atom is -0.462 e. The average molecular weight is 649 g/mol. The summed E-state index contributed by atoms with van der Waals surface area (Å²) in [5.74, 6) is -5.64. The highest BCUT2D eigenvalue weighted by Gasteiger charge is 2.87. The number of carbonyl (C=O) groups excluding carboxylic acids is 6. The summed E-state index contributed by atoms with van der Waals surface area (Å²) in [6.45, 7) is 15.2. The van der Waals surface area contributed by atoms with Crippen molar-refractivity contribution in [1.82, 2.24) is 0 Å². The molecule has 1 saturated carbocycles. The standard InChI is InChI=1S/C33H44O13/c1-10-11-12-26(38)44-22-15-24(41-19(5)35)31(8)27(17(22)3)29(43-21(7)37)33-25(45-30(39)32(33,9)46-33)14-16(2)13-23(40-18(4)34)28(31)42-20(6)36/h10,14,17,22-25,27-29H,1,11-13,15H2,2-9H3/b16-14-/t17-,22-,23-,24-,25-,27+,28-,29-,31-,32?,33-/m0/s1. The zero-order valence-corrected chi connectivity index (χ0v) is 27.6. The van der Waals surface area contributed by atoms with Gasteiger partial charge >= 0.3 is 35.8 Å². The maximum Gasteiger partial charge on any atom is 0.342 e. The number of epoxide rings is 1. The minimum atomic E-state index is -1.54. The van der Waals surface area contributed by atoms with Crippen molar-refractivity contribution in [3.8, 4) is 0 Å². The molecule has 4 aliphatic rings. The second-order valence-corrected chi connectivity index (χ2v) is 13.1. The van der Waals surface area contributed by atoms with Crippen LogP contribution in [-0.4, -0.2) is 83.6 Å². The normalized spacial score (nSPS) is 40.6. The number of rotatable bonds is 8. The maximum atomic E-state index is 13.3. The molecule has 0 amide bonds. The summed E-state index contributed by atoms with van der Waals surface area (Å²) in [5.41, 5.74) is -3.95. The fourth-order valence-electron chi connectivity index (χ4n) is 7.91. The van der Waals surface area contributed by atoms with E-state index in [0.717, 1.165) is 0 Å². The summed E-state index contributed by atoms with van der Waals surface area (Å²) in [7, 11) is 0. The Labute approximate surface area is 268 Å². The molecule has 0 N–H and O–H groups in total. The van der Waals surface area contributed by atoms with Gasteiger partial charge in [-0.2, -0.15) is 0 Å². The quantitative estimate of drug-likeness (QED) is 0.163. The predicted octanol–water partition coefficient (Wildman–Crippen LogP) is 3.06. The van der Waals surface area contributed by atoms with Gasteiger partial charge in [0.2, 0.25) is 0 Å². The number of fused-ring (bicyclic) bond motifs is 1. The van der Waals surface area contributed by atoms with Gasteiger partial charge in [0.15, 0.2) is 17.3 Å². The van der Waals surface area contributed by atoms with E-state index in [1.807, 2.05) is 0 Å². The maximum absolute atomic E-state index is 13.3. The number of esters is 6. The van der Waals surface area contributed by atoms with Crippen LogP contribution in [0.15, 0.2) is 24.3 Å². The predicted molar refractivity (Wildman–Crippen MR) is 157 cm³/mol. The Morgan fingerprint density at radius 3 is 2.04 bits per heavy atom. The largest absolute Gasteiger partial charge is 0.462 e. The number of carbonyl (C=O) groups is 6. The highest BCUT2D eigenvalue weighted by Crippen LogP contribution is 2.66. The third kappa shape index (κ3) is 6.05. The first-order chi connectivity index (χ1) is 21.4. The van der Waals surface area contributed by atoms with E-state index >= 15 is 0 Å². The van der Waals surface area contributed by atoms with Crippen LogP contribution in [0.1, 0.15) is 81.1 Å². The Balaban J connectivity index is 2.05. The Morgan fingerprint density at radius 2 is 1.50 bits per heavy atom. The molecular formula is C33H44O13. The summed E-state index contributed by atoms with van der Waals surface area (Å²) in [6, 6.07) is 0. The fraction of sp³-hybridized carbons (Fsp3) is 0.697. The summed E-state index contributed by atoms with van der Waals surface area (Å²) >= 11 is 0. The molecule has 2 aliphatic heterocycles. The molecule has 3 fully saturated rings. The van der Waals surface area contributed by atoms with Crippen molar-refractivity contribution in [3.05, 3.63) is 24.3 Å². The van der Waals surface area contributed by atoms with Gasteiger partial charge < -0.3 is 33.2 Å². The van der Waals surface area contributed by atoms with Crippen molar-refractivity contribution in [2.75, 3.05) is 0 Å². The zero-order valence-electron chi connectivity index (χ0n) is 27.6. The molecule has 1 spiro atoms. The summed E-state index contributed by atoms with van der Waals surface area (Å²) in [4.78, 5) is 77.1. The number of allylic oxidation sites excluding steroid dienone is 1. The molecule has 0 aromatic rings. The molecule has 0 aromatic heterocycles. The van der Waals surface area contributed by atoms with Crippen molar-refractivity contribution < 1.29 is 61.9 Å². The molecule has 2 heterocycles. The first kappa shape index (κ1) is 35.1. The van der Waals surface area contributed by atoms with Crippen LogP contribution in [0.25, 0.3) is 0 Å². The molecule has 4 rings (SSSR count). The topological polar surface area (TPSA) is 170 Å². The van der Waals surface area contributed by atoms with E-state index in [4.69, 9.17) is 33.2 Å². The first-order valence-corrected chi connectivity index (χ1v) is 15.5. The molecule has 46 heavy (non-hydrogen) atoms. The van der Waals surface area contributed by atoms with Crippen molar-refractivity contribution in [2.24, 2.45) is 17.3 Å². The van der Waals surface area contributed by atoms with Crippen LogP contribution >= 0.6 is 0 Å². The van der Waals surface area contributed by atoms with Crippen molar-refractivity contribution in [1.29, 1.82) is 0 Å². The average Bonchev–Trinajstić information content (AvgIpc) is 3.52. The van der Waals surface area contributed by atoms with Gasteiger partial charge in [-0.05, 0) is 26.3 Å². The molecule has 0 radical (unpaired) electrons. The zero-order chi connectivity index (χ0) is 34.4. The van der Waals surface area contributed by atoms with Gasteiger partial charge in [-0.1, -0.05) is 25.5 Å². The van der Waals surface area contributed by atoms with Gasteiger partial charge in [-0.15, -0.1) is 6.58 Å². The number of hydrogen-bond donors (Lipinski definition) is 0. The number of hydrogen-bond acceptors (Lipinski definition) is 13. The van der Waals surface area contributed by atoms with E-state index < -0.39 is 101 Å².